The number of likely N-dealkylation sites (tertiary alicyclic amines) is 1. The van der Waals surface area contributed by atoms with Crippen molar-refractivity contribution in [3.05, 3.63) is 78.7 Å². The number of benzene rings is 3. The van der Waals surface area contributed by atoms with Crippen LogP contribution in [0.5, 0.6) is 23.0 Å². The second-order valence-electron chi connectivity index (χ2n) is 12.7. The van der Waals surface area contributed by atoms with E-state index in [1.54, 1.807) is 43.6 Å². The molecule has 3 aromatic carbocycles. The Morgan fingerprint density at radius 2 is 1.55 bits per heavy atom. The smallest absolute Gasteiger partial charge is 0.240 e. The number of sulfone groups is 1. The van der Waals surface area contributed by atoms with Gasteiger partial charge in [0, 0.05) is 41.8 Å². The largest absolute Gasteiger partial charge is 0.493 e. The van der Waals surface area contributed by atoms with Gasteiger partial charge in [0.25, 0.3) is 0 Å². The van der Waals surface area contributed by atoms with E-state index in [0.29, 0.717) is 71.8 Å². The van der Waals surface area contributed by atoms with Gasteiger partial charge in [-0.05, 0) is 105 Å². The van der Waals surface area contributed by atoms with Crippen molar-refractivity contribution in [2.45, 2.75) is 25.7 Å². The van der Waals surface area contributed by atoms with Gasteiger partial charge < -0.3 is 29.7 Å². The Morgan fingerprint density at radius 3 is 2.14 bits per heavy atom. The molecule has 0 radical (unpaired) electrons. The third-order valence-corrected chi connectivity index (χ3v) is 9.93. The molecule has 1 saturated heterocycles. The predicted octanol–water partition coefficient (Wildman–Crippen LogP) is 5.67. The van der Waals surface area contributed by atoms with Gasteiger partial charge in [0.2, 0.25) is 11.8 Å². The number of halogens is 1. The number of ether oxygens (including phenoxy) is 3. The topological polar surface area (TPSA) is 136 Å². The van der Waals surface area contributed by atoms with Crippen LogP contribution in [0.3, 0.4) is 0 Å². The average Bonchev–Trinajstić information content (AvgIpc) is 3.91. The van der Waals surface area contributed by atoms with E-state index >= 15 is 0 Å². The van der Waals surface area contributed by atoms with Gasteiger partial charge in [-0.15, -0.1) is 0 Å². The van der Waals surface area contributed by atoms with Crippen molar-refractivity contribution in [2.75, 3.05) is 56.0 Å². The molecule has 1 aliphatic heterocycles. The number of rotatable bonds is 13. The molecule has 2 heterocycles. The molecule has 0 atom stereocenters. The molecule has 6 rings (SSSR count). The second kappa shape index (κ2) is 14.4. The van der Waals surface area contributed by atoms with Crippen LogP contribution in [0, 0.1) is 17.2 Å². The standard InChI is InChI=1S/C36H39FN4O7S/c1-46-32-21-29-30(22-33(32)47-23-24-12-17-41(18-13-24)19-20-49(2,44)45)38-16-11-31(29)48-28-9-7-27(8-10-28)40-35(43)36(14-15-36)34(42)39-26-5-3-25(37)4-6-26/h3-11,16,21-22,24H,12-15,17-20,23H2,1-2H3,(H,39,42)(H,40,43). The number of amides is 2. The van der Waals surface area contributed by atoms with Crippen LogP contribution in [0.4, 0.5) is 15.8 Å². The summed E-state index contributed by atoms with van der Waals surface area (Å²) in [5, 5.41) is 6.27. The van der Waals surface area contributed by atoms with Crippen LogP contribution in [-0.4, -0.2) is 75.5 Å². The first-order valence-corrected chi connectivity index (χ1v) is 18.2. The van der Waals surface area contributed by atoms with Crippen LogP contribution in [-0.2, 0) is 19.4 Å². The third-order valence-electron chi connectivity index (χ3n) is 9.01. The Hall–Kier alpha value is -4.75. The van der Waals surface area contributed by atoms with Crippen LogP contribution < -0.4 is 24.8 Å². The number of nitrogens with one attached hydrogen (secondary N) is 2. The molecule has 2 amide bonds. The van der Waals surface area contributed by atoms with E-state index in [2.05, 4.69) is 20.5 Å². The fourth-order valence-electron chi connectivity index (χ4n) is 5.82. The van der Waals surface area contributed by atoms with Gasteiger partial charge in [0.15, 0.2) is 11.5 Å². The SMILES string of the molecule is COc1cc2c(Oc3ccc(NC(=O)C4(C(=O)Nc5ccc(F)cc5)CC4)cc3)ccnc2cc1OCC1CCN(CCS(C)(=O)=O)CC1. The molecule has 4 aromatic rings. The number of carbonyl (C=O) groups is 2. The average molecular weight is 691 g/mol. The molecule has 49 heavy (non-hydrogen) atoms. The highest BCUT2D eigenvalue weighted by Gasteiger charge is 2.56. The maximum Gasteiger partial charge on any atom is 0.240 e. The molecule has 0 unspecified atom stereocenters. The Bertz CT molecular complexity index is 1930. The van der Waals surface area contributed by atoms with E-state index in [9.17, 15) is 22.4 Å². The first kappa shape index (κ1) is 34.1. The number of methoxy groups -OCH3 is 1. The number of anilines is 2. The zero-order chi connectivity index (χ0) is 34.6. The number of nitrogens with zero attached hydrogens (tertiary/aromatic N) is 2. The van der Waals surface area contributed by atoms with Crippen molar-refractivity contribution in [1.29, 1.82) is 0 Å². The van der Waals surface area contributed by atoms with E-state index in [-0.39, 0.29) is 5.75 Å². The minimum absolute atomic E-state index is 0.175. The van der Waals surface area contributed by atoms with Gasteiger partial charge in [-0.2, -0.15) is 0 Å². The summed E-state index contributed by atoms with van der Waals surface area (Å²) >= 11 is 0. The molecule has 1 aliphatic carbocycles. The lowest BCUT2D eigenvalue weighted by atomic mass is 9.98. The van der Waals surface area contributed by atoms with Crippen LogP contribution in [0.25, 0.3) is 10.9 Å². The van der Waals surface area contributed by atoms with Crippen molar-refractivity contribution in [2.24, 2.45) is 11.3 Å². The molecular weight excluding hydrogens is 651 g/mol. The lowest BCUT2D eigenvalue weighted by Gasteiger charge is -2.31. The molecule has 0 bridgehead atoms. The van der Waals surface area contributed by atoms with Crippen molar-refractivity contribution >= 4 is 43.9 Å². The number of carbonyl (C=O) groups excluding carboxylic acids is 2. The molecule has 2 aliphatic rings. The van der Waals surface area contributed by atoms with E-state index in [0.717, 1.165) is 31.3 Å². The zero-order valence-electron chi connectivity index (χ0n) is 27.4. The van der Waals surface area contributed by atoms with Gasteiger partial charge in [-0.25, -0.2) is 12.8 Å². The summed E-state index contributed by atoms with van der Waals surface area (Å²) in [6.45, 7) is 2.75. The highest BCUT2D eigenvalue weighted by atomic mass is 32.2. The Morgan fingerprint density at radius 1 is 0.918 bits per heavy atom. The van der Waals surface area contributed by atoms with E-state index in [1.165, 1.54) is 30.5 Å². The maximum absolute atomic E-state index is 13.2. The van der Waals surface area contributed by atoms with Crippen LogP contribution in [0.2, 0.25) is 0 Å². The quantitative estimate of drug-likeness (QED) is 0.170. The van der Waals surface area contributed by atoms with Crippen molar-refractivity contribution in [3.8, 4) is 23.0 Å². The van der Waals surface area contributed by atoms with E-state index in [1.807, 2.05) is 12.1 Å². The zero-order valence-corrected chi connectivity index (χ0v) is 28.2. The van der Waals surface area contributed by atoms with Crippen molar-refractivity contribution in [1.82, 2.24) is 9.88 Å². The summed E-state index contributed by atoms with van der Waals surface area (Å²) in [5.74, 6) is 1.51. The molecule has 13 heteroatoms. The monoisotopic (exact) mass is 690 g/mol. The highest BCUT2D eigenvalue weighted by Crippen LogP contribution is 2.47. The molecule has 1 saturated carbocycles. The summed E-state index contributed by atoms with van der Waals surface area (Å²) < 4.78 is 54.3. The van der Waals surface area contributed by atoms with Gasteiger partial charge in [-0.3, -0.25) is 14.6 Å². The number of hydrogen-bond donors (Lipinski definition) is 2. The van der Waals surface area contributed by atoms with Gasteiger partial charge in [0.05, 0.1) is 25.0 Å². The number of pyridine rings is 1. The second-order valence-corrected chi connectivity index (χ2v) is 14.9. The fraction of sp³-hybridized carbons (Fsp3) is 0.361. The molecule has 11 nitrogen and oxygen atoms in total. The summed E-state index contributed by atoms with van der Waals surface area (Å²) in [6, 6.07) is 17.7. The van der Waals surface area contributed by atoms with Crippen molar-refractivity contribution < 1.29 is 36.6 Å². The van der Waals surface area contributed by atoms with E-state index in [4.69, 9.17) is 14.2 Å². The minimum Gasteiger partial charge on any atom is -0.493 e. The summed E-state index contributed by atoms with van der Waals surface area (Å²) in [7, 11) is -1.40. The molecule has 1 aromatic heterocycles. The highest BCUT2D eigenvalue weighted by molar-refractivity contribution is 7.90. The lowest BCUT2D eigenvalue weighted by molar-refractivity contribution is -0.131. The van der Waals surface area contributed by atoms with Gasteiger partial charge in [0.1, 0.15) is 32.6 Å². The minimum atomic E-state index is -2.98. The molecule has 258 valence electrons. The maximum atomic E-state index is 13.2. The third kappa shape index (κ3) is 8.46. The summed E-state index contributed by atoms with van der Waals surface area (Å²) in [4.78, 5) is 32.7. The summed E-state index contributed by atoms with van der Waals surface area (Å²) in [6.07, 6.45) is 5.61. The number of hydrogen-bond acceptors (Lipinski definition) is 9. The van der Waals surface area contributed by atoms with Gasteiger partial charge >= 0.3 is 0 Å². The molecule has 0 spiro atoms. The fourth-order valence-corrected chi connectivity index (χ4v) is 6.41. The number of fused-ring (bicyclic) bond motifs is 1. The summed E-state index contributed by atoms with van der Waals surface area (Å²) in [5.41, 5.74) is 0.442. The number of aromatic nitrogens is 1. The number of piperidine rings is 1. The Labute approximate surface area is 284 Å². The van der Waals surface area contributed by atoms with E-state index < -0.39 is 32.9 Å². The van der Waals surface area contributed by atoms with Crippen LogP contribution in [0.15, 0.2) is 72.9 Å². The Kier molecular flexibility index (Phi) is 10.0. The molecule has 2 N–H and O–H groups in total. The van der Waals surface area contributed by atoms with Crippen LogP contribution >= 0.6 is 0 Å². The van der Waals surface area contributed by atoms with Crippen molar-refractivity contribution in [3.63, 3.8) is 0 Å². The normalized spacial score (nSPS) is 16.1. The van der Waals surface area contributed by atoms with Crippen LogP contribution in [0.1, 0.15) is 25.7 Å². The predicted molar refractivity (Wildman–Crippen MR) is 185 cm³/mol. The first-order valence-electron chi connectivity index (χ1n) is 16.2. The van der Waals surface area contributed by atoms with Gasteiger partial charge in [-0.1, -0.05) is 0 Å². The molecular formula is C36H39FN4O7S. The Balaban J connectivity index is 1.06. The lowest BCUT2D eigenvalue weighted by Crippen LogP contribution is -2.38. The molecule has 2 fully saturated rings. The first-order chi connectivity index (χ1) is 23.5.